The van der Waals surface area contributed by atoms with E-state index < -0.39 is 29.3 Å². The largest absolute Gasteiger partial charge is 0.468 e. The monoisotopic (exact) mass is 263 g/mol. The molecule has 0 heterocycles. The van der Waals surface area contributed by atoms with Crippen molar-refractivity contribution in [1.29, 1.82) is 5.26 Å². The highest BCUT2D eigenvalue weighted by Gasteiger charge is 2.71. The van der Waals surface area contributed by atoms with Crippen LogP contribution in [0.15, 0.2) is 42.5 Å². The summed E-state index contributed by atoms with van der Waals surface area (Å²) in [6.45, 7) is 0. The van der Waals surface area contributed by atoms with E-state index in [0.29, 0.717) is 11.6 Å². The second kappa shape index (κ2) is 4.81. The summed E-state index contributed by atoms with van der Waals surface area (Å²) in [5, 5.41) is 9.25. The van der Waals surface area contributed by atoms with E-state index in [9.17, 15) is 18.8 Å². The van der Waals surface area contributed by atoms with E-state index in [1.165, 1.54) is 0 Å². The van der Waals surface area contributed by atoms with E-state index in [1.807, 2.05) is 6.07 Å². The molecule has 0 spiro atoms. The number of esters is 1. The lowest BCUT2D eigenvalue weighted by Crippen LogP contribution is -2.19. The molecule has 19 heavy (non-hydrogen) atoms. The number of hydrogen-bond donors (Lipinski definition) is 0. The summed E-state index contributed by atoms with van der Waals surface area (Å²) in [6, 6.07) is 10.5. The van der Waals surface area contributed by atoms with E-state index in [-0.39, 0.29) is 0 Å². The van der Waals surface area contributed by atoms with Gasteiger partial charge in [0.1, 0.15) is 0 Å². The number of rotatable bonds is 3. The molecule has 0 N–H and O–H groups in total. The molecular formula is C14H11F2NO2. The maximum Gasteiger partial charge on any atom is 0.327 e. The number of carbonyl (C=O) groups excluding carboxylic acids is 1. The summed E-state index contributed by atoms with van der Waals surface area (Å²) in [6.07, 6.45) is -1.23. The number of nitriles is 1. The Kier molecular flexibility index (Phi) is 3.34. The molecule has 0 radical (unpaired) electrons. The molecule has 5 heteroatoms. The van der Waals surface area contributed by atoms with E-state index in [2.05, 4.69) is 4.74 Å². The number of ether oxygens (including phenoxy) is 1. The van der Waals surface area contributed by atoms with Crippen molar-refractivity contribution in [2.45, 2.75) is 5.92 Å². The van der Waals surface area contributed by atoms with E-state index >= 15 is 0 Å². The SMILES string of the molecule is COC(=O)C1(C#N)C(C=C(F)F)C1c1ccccc1. The Bertz CT molecular complexity index is 561. The van der Waals surface area contributed by atoms with Crippen LogP contribution in [0.2, 0.25) is 0 Å². The van der Waals surface area contributed by atoms with E-state index in [1.54, 1.807) is 30.3 Å². The van der Waals surface area contributed by atoms with E-state index in [0.717, 1.165) is 7.11 Å². The minimum absolute atomic E-state index is 0.590. The second-order valence-corrected chi connectivity index (χ2v) is 4.34. The highest BCUT2D eigenvalue weighted by Crippen LogP contribution is 2.66. The summed E-state index contributed by atoms with van der Waals surface area (Å²) in [5.74, 6) is -2.21. The number of halogens is 2. The summed E-state index contributed by atoms with van der Waals surface area (Å²) >= 11 is 0. The van der Waals surface area contributed by atoms with Crippen LogP contribution < -0.4 is 0 Å². The molecule has 0 aliphatic heterocycles. The van der Waals surface area contributed by atoms with Crippen LogP contribution in [0.25, 0.3) is 0 Å². The van der Waals surface area contributed by atoms with Crippen molar-refractivity contribution in [2.24, 2.45) is 11.3 Å². The first kappa shape index (κ1) is 13.2. The van der Waals surface area contributed by atoms with Crippen molar-refractivity contribution in [3.05, 3.63) is 48.1 Å². The molecule has 3 atom stereocenters. The third-order valence-corrected chi connectivity index (χ3v) is 3.44. The van der Waals surface area contributed by atoms with Crippen LogP contribution in [-0.2, 0) is 9.53 Å². The molecule has 1 aromatic carbocycles. The van der Waals surface area contributed by atoms with Gasteiger partial charge in [0.25, 0.3) is 6.08 Å². The fraction of sp³-hybridized carbons (Fsp3) is 0.286. The van der Waals surface area contributed by atoms with Crippen LogP contribution in [0.4, 0.5) is 8.78 Å². The van der Waals surface area contributed by atoms with Crippen LogP contribution in [0, 0.1) is 22.7 Å². The number of carbonyl (C=O) groups is 1. The maximum atomic E-state index is 12.5. The Balaban J connectivity index is 2.45. The van der Waals surface area contributed by atoms with Crippen molar-refractivity contribution >= 4 is 5.97 Å². The molecule has 1 fully saturated rings. The predicted octanol–water partition coefficient (Wildman–Crippen LogP) is 2.86. The Labute approximate surface area is 109 Å². The molecule has 0 aromatic heterocycles. The standard InChI is InChI=1S/C14H11F2NO2/c1-19-13(18)14(8-17)10(7-11(15)16)12(14)9-5-3-2-4-6-9/h2-7,10,12H,1H3. The molecule has 3 unspecified atom stereocenters. The van der Waals surface area contributed by atoms with Gasteiger partial charge in [-0.05, 0) is 11.6 Å². The number of hydrogen-bond acceptors (Lipinski definition) is 3. The maximum absolute atomic E-state index is 12.5. The third-order valence-electron chi connectivity index (χ3n) is 3.44. The minimum Gasteiger partial charge on any atom is -0.468 e. The Morgan fingerprint density at radius 3 is 2.53 bits per heavy atom. The van der Waals surface area contributed by atoms with Crippen LogP contribution in [0.3, 0.4) is 0 Å². The summed E-state index contributed by atoms with van der Waals surface area (Å²) in [5.41, 5.74) is -0.864. The van der Waals surface area contributed by atoms with E-state index in [4.69, 9.17) is 0 Å². The van der Waals surface area contributed by atoms with Gasteiger partial charge < -0.3 is 4.74 Å². The third kappa shape index (κ3) is 1.99. The fourth-order valence-corrected chi connectivity index (χ4v) is 2.53. The van der Waals surface area contributed by atoms with Crippen LogP contribution >= 0.6 is 0 Å². The average molecular weight is 263 g/mol. The van der Waals surface area contributed by atoms with Crippen LogP contribution in [0.5, 0.6) is 0 Å². The normalized spacial score (nSPS) is 28.1. The van der Waals surface area contributed by atoms with Crippen molar-refractivity contribution in [3.63, 3.8) is 0 Å². The highest BCUT2D eigenvalue weighted by molar-refractivity contribution is 5.87. The molecule has 98 valence electrons. The number of nitrogens with zero attached hydrogens (tertiary/aromatic N) is 1. The summed E-state index contributed by atoms with van der Waals surface area (Å²) in [7, 11) is 1.15. The van der Waals surface area contributed by atoms with Gasteiger partial charge >= 0.3 is 5.97 Å². The molecule has 3 nitrogen and oxygen atoms in total. The zero-order valence-electron chi connectivity index (χ0n) is 10.1. The van der Waals surface area contributed by atoms with Crippen LogP contribution in [-0.4, -0.2) is 13.1 Å². The Morgan fingerprint density at radius 1 is 1.42 bits per heavy atom. The van der Waals surface area contributed by atoms with Gasteiger partial charge in [0.05, 0.1) is 13.2 Å². The van der Waals surface area contributed by atoms with Gasteiger partial charge in [-0.1, -0.05) is 30.3 Å². The topological polar surface area (TPSA) is 50.1 Å². The van der Waals surface area contributed by atoms with Gasteiger partial charge in [-0.3, -0.25) is 4.79 Å². The molecule has 2 rings (SSSR count). The second-order valence-electron chi connectivity index (χ2n) is 4.34. The van der Waals surface area contributed by atoms with Crippen molar-refractivity contribution < 1.29 is 18.3 Å². The van der Waals surface area contributed by atoms with Gasteiger partial charge in [-0.2, -0.15) is 14.0 Å². The Morgan fingerprint density at radius 2 is 2.05 bits per heavy atom. The first-order valence-electron chi connectivity index (χ1n) is 5.65. The zero-order valence-corrected chi connectivity index (χ0v) is 10.1. The highest BCUT2D eigenvalue weighted by atomic mass is 19.3. The summed E-state index contributed by atoms with van der Waals surface area (Å²) < 4.78 is 29.5. The van der Waals surface area contributed by atoms with Gasteiger partial charge in [-0.25, -0.2) is 0 Å². The zero-order chi connectivity index (χ0) is 14.0. The Hall–Kier alpha value is -2.22. The van der Waals surface area contributed by atoms with Crippen molar-refractivity contribution in [1.82, 2.24) is 0 Å². The molecule has 1 aliphatic carbocycles. The van der Waals surface area contributed by atoms with Gasteiger partial charge in [0, 0.05) is 11.8 Å². The van der Waals surface area contributed by atoms with Crippen LogP contribution in [0.1, 0.15) is 11.5 Å². The van der Waals surface area contributed by atoms with Gasteiger partial charge in [-0.15, -0.1) is 0 Å². The molecule has 0 bridgehead atoms. The predicted molar refractivity (Wildman–Crippen MR) is 63.0 cm³/mol. The number of allylic oxidation sites excluding steroid dienone is 1. The molecular weight excluding hydrogens is 252 g/mol. The molecule has 1 aliphatic rings. The van der Waals surface area contributed by atoms with Crippen molar-refractivity contribution in [3.8, 4) is 6.07 Å². The quantitative estimate of drug-likeness (QED) is 0.788. The van der Waals surface area contributed by atoms with Gasteiger partial charge in [0.15, 0.2) is 5.41 Å². The lowest BCUT2D eigenvalue weighted by atomic mass is 10.0. The lowest BCUT2D eigenvalue weighted by molar-refractivity contribution is -0.145. The lowest BCUT2D eigenvalue weighted by Gasteiger charge is -2.05. The molecule has 0 saturated heterocycles. The minimum atomic E-state index is -1.90. The number of benzene rings is 1. The van der Waals surface area contributed by atoms with Crippen molar-refractivity contribution in [2.75, 3.05) is 7.11 Å². The van der Waals surface area contributed by atoms with Gasteiger partial charge in [0.2, 0.25) is 0 Å². The molecule has 1 aromatic rings. The fourth-order valence-electron chi connectivity index (χ4n) is 2.53. The first-order chi connectivity index (χ1) is 9.07. The molecule has 1 saturated carbocycles. The first-order valence-corrected chi connectivity index (χ1v) is 5.65. The number of methoxy groups -OCH3 is 1. The average Bonchev–Trinajstić information content (AvgIpc) is 3.06. The summed E-state index contributed by atoms with van der Waals surface area (Å²) in [4.78, 5) is 11.8. The smallest absolute Gasteiger partial charge is 0.327 e. The molecule has 0 amide bonds.